The zero-order valence-electron chi connectivity index (χ0n) is 41.8. The second-order valence-corrected chi connectivity index (χ2v) is 19.7. The molecule has 0 atom stereocenters. The fourth-order valence-electron chi connectivity index (χ4n) is 12.4. The number of rotatable bonds is 7. The topological polar surface area (TPSA) is 62.8 Å². The molecule has 0 saturated heterocycles. The van der Waals surface area contributed by atoms with Gasteiger partial charge in [-0.15, -0.1) is 0 Å². The van der Waals surface area contributed by atoms with E-state index < -0.39 is 0 Å². The monoisotopic (exact) mass is 994 g/mol. The second kappa shape index (κ2) is 17.1. The summed E-state index contributed by atoms with van der Waals surface area (Å²) < 4.78 is 9.44. The van der Waals surface area contributed by atoms with Gasteiger partial charge in [0.25, 0.3) is 0 Å². The van der Waals surface area contributed by atoms with Crippen LogP contribution in [0.1, 0.15) is 0 Å². The summed E-state index contributed by atoms with van der Waals surface area (Å²) in [5, 5.41) is 8.59. The van der Waals surface area contributed by atoms with Crippen LogP contribution in [0.5, 0.6) is 0 Å². The number of fused-ring (bicyclic) bond motifs is 12. The number of nitrogens with zero attached hydrogens (tertiary/aromatic N) is 8. The molecule has 0 unspecified atom stereocenters. The Morgan fingerprint density at radius 2 is 0.462 bits per heavy atom. The van der Waals surface area contributed by atoms with Crippen LogP contribution in [0.25, 0.3) is 149 Å². The lowest BCUT2D eigenvalue weighted by molar-refractivity contribution is 1.02. The minimum atomic E-state index is 0.442. The number of hydrogen-bond donors (Lipinski definition) is 0. The van der Waals surface area contributed by atoms with Crippen LogP contribution in [-0.2, 0) is 0 Å². The summed E-state index contributed by atoms with van der Waals surface area (Å²) in [6.45, 7) is 10.1. The zero-order chi connectivity index (χ0) is 51.4. The molecule has 0 N–H and O–H groups in total. The van der Waals surface area contributed by atoms with Crippen LogP contribution in [0, 0.1) is 6.57 Å². The van der Waals surface area contributed by atoms with E-state index in [2.05, 4.69) is 237 Å². The minimum absolute atomic E-state index is 0.442. The molecule has 0 aliphatic heterocycles. The van der Waals surface area contributed by atoms with Gasteiger partial charge in [-0.05, 0) is 48.5 Å². The van der Waals surface area contributed by atoms with E-state index in [4.69, 9.17) is 19.8 Å². The molecule has 362 valence electrons. The van der Waals surface area contributed by atoms with Crippen LogP contribution < -0.4 is 0 Å². The molecule has 11 aromatic carbocycles. The Bertz CT molecular complexity index is 4640. The van der Waals surface area contributed by atoms with Crippen LogP contribution in [0.15, 0.2) is 255 Å². The highest BCUT2D eigenvalue weighted by Gasteiger charge is 2.36. The minimum Gasteiger partial charge on any atom is -0.317 e. The predicted octanol–water partition coefficient (Wildman–Crippen LogP) is 17.8. The Hall–Kier alpha value is -10.9. The predicted molar refractivity (Wildman–Crippen MR) is 320 cm³/mol. The molecule has 78 heavy (non-hydrogen) atoms. The zero-order valence-corrected chi connectivity index (χ0v) is 41.8. The first kappa shape index (κ1) is 43.5. The molecule has 0 bridgehead atoms. The first-order valence-corrected chi connectivity index (χ1v) is 26.2. The maximum absolute atomic E-state index is 10.1. The van der Waals surface area contributed by atoms with Gasteiger partial charge in [-0.2, -0.15) is 0 Å². The molecule has 8 heteroatoms. The van der Waals surface area contributed by atoms with Crippen molar-refractivity contribution in [3.05, 3.63) is 266 Å². The summed E-state index contributed by atoms with van der Waals surface area (Å²) in [5.41, 5.74) is 13.4. The first-order valence-electron chi connectivity index (χ1n) is 26.2. The third-order valence-electron chi connectivity index (χ3n) is 15.6. The van der Waals surface area contributed by atoms with Crippen LogP contribution in [-0.4, -0.2) is 33.2 Å². The molecule has 0 fully saturated rings. The molecule has 5 heterocycles. The van der Waals surface area contributed by atoms with Crippen LogP contribution in [0.2, 0.25) is 0 Å². The standard InChI is InChI=1S/C70H42N8/c1-71-63-66(77-58-40-20-12-32-50(58)51-33-13-21-41-59(51)77)64(75-54-36-16-8-28-46(54)47-29-9-17-37-55(47)75)62(70-73-68(44-24-4-2-5-25-44)72-69(74-70)45-26-6-3-7-27-45)65(76-56-38-18-10-30-48(56)49-31-11-19-39-57(49)76)67(63)78-60-42-22-14-34-52(60)53-35-15-23-43-61(53)78/h2-43H. The molecule has 5 aromatic heterocycles. The van der Waals surface area contributed by atoms with Crippen molar-refractivity contribution in [3.63, 3.8) is 0 Å². The molecule has 16 aromatic rings. The Balaban J connectivity index is 1.27. The molecule has 0 radical (unpaired) electrons. The quantitative estimate of drug-likeness (QED) is 0.149. The fraction of sp³-hybridized carbons (Fsp3) is 0. The van der Waals surface area contributed by atoms with Gasteiger partial charge < -0.3 is 18.3 Å². The molecule has 8 nitrogen and oxygen atoms in total. The van der Waals surface area contributed by atoms with Crippen molar-refractivity contribution in [3.8, 4) is 56.9 Å². The van der Waals surface area contributed by atoms with E-state index in [-0.39, 0.29) is 0 Å². The van der Waals surface area contributed by atoms with Gasteiger partial charge in [-0.3, -0.25) is 0 Å². The average Bonchev–Trinajstić information content (AvgIpc) is 4.30. The molecule has 0 aliphatic rings. The fourth-order valence-corrected chi connectivity index (χ4v) is 12.4. The molecule has 0 saturated carbocycles. The van der Waals surface area contributed by atoms with Gasteiger partial charge in [0, 0.05) is 54.2 Å². The van der Waals surface area contributed by atoms with Gasteiger partial charge >= 0.3 is 0 Å². The van der Waals surface area contributed by atoms with Gasteiger partial charge in [0.15, 0.2) is 17.5 Å². The summed E-state index contributed by atoms with van der Waals surface area (Å²) in [5.74, 6) is 1.48. The lowest BCUT2D eigenvalue weighted by Gasteiger charge is -2.29. The van der Waals surface area contributed by atoms with Crippen LogP contribution >= 0.6 is 0 Å². The van der Waals surface area contributed by atoms with Gasteiger partial charge in [0.1, 0.15) is 0 Å². The van der Waals surface area contributed by atoms with Crippen molar-refractivity contribution in [2.24, 2.45) is 0 Å². The third-order valence-corrected chi connectivity index (χ3v) is 15.6. The van der Waals surface area contributed by atoms with Crippen LogP contribution in [0.4, 0.5) is 5.69 Å². The number of para-hydroxylation sites is 8. The molecular formula is C70H42N8. The van der Waals surface area contributed by atoms with Crippen molar-refractivity contribution in [2.45, 2.75) is 0 Å². The Morgan fingerprint density at radius 3 is 0.718 bits per heavy atom. The van der Waals surface area contributed by atoms with Crippen molar-refractivity contribution in [2.75, 3.05) is 0 Å². The molecule has 0 amide bonds. The van der Waals surface area contributed by atoms with Gasteiger partial charge in [-0.1, -0.05) is 206 Å². The highest BCUT2D eigenvalue weighted by atomic mass is 15.2. The average molecular weight is 995 g/mol. The van der Waals surface area contributed by atoms with E-state index >= 15 is 0 Å². The van der Waals surface area contributed by atoms with E-state index in [1.54, 1.807) is 0 Å². The van der Waals surface area contributed by atoms with Gasteiger partial charge in [0.2, 0.25) is 5.69 Å². The van der Waals surface area contributed by atoms with Crippen molar-refractivity contribution in [1.29, 1.82) is 0 Å². The summed E-state index contributed by atoms with van der Waals surface area (Å²) in [6, 6.07) is 89.2. The van der Waals surface area contributed by atoms with E-state index in [0.29, 0.717) is 40.1 Å². The highest BCUT2D eigenvalue weighted by molar-refractivity contribution is 6.18. The summed E-state index contributed by atoms with van der Waals surface area (Å²) in [4.78, 5) is 21.8. The Morgan fingerprint density at radius 1 is 0.244 bits per heavy atom. The lowest BCUT2D eigenvalue weighted by Crippen LogP contribution is -2.15. The lowest BCUT2D eigenvalue weighted by atomic mass is 10.00. The van der Waals surface area contributed by atoms with E-state index in [1.165, 1.54) is 0 Å². The molecule has 0 aliphatic carbocycles. The largest absolute Gasteiger partial charge is 0.317 e. The second-order valence-electron chi connectivity index (χ2n) is 19.7. The van der Waals surface area contributed by atoms with Crippen molar-refractivity contribution >= 4 is 92.9 Å². The van der Waals surface area contributed by atoms with E-state index in [1.807, 2.05) is 36.4 Å². The number of benzene rings is 11. The van der Waals surface area contributed by atoms with Gasteiger partial charge in [0.05, 0.1) is 79.0 Å². The highest BCUT2D eigenvalue weighted by Crippen LogP contribution is 2.54. The maximum atomic E-state index is 10.1. The molecular weight excluding hydrogens is 953 g/mol. The first-order chi connectivity index (χ1) is 38.7. The summed E-state index contributed by atoms with van der Waals surface area (Å²) in [6.07, 6.45) is 0. The maximum Gasteiger partial charge on any atom is 0.238 e. The third kappa shape index (κ3) is 6.24. The van der Waals surface area contributed by atoms with Crippen molar-refractivity contribution in [1.82, 2.24) is 33.2 Å². The van der Waals surface area contributed by atoms with Gasteiger partial charge in [-0.25, -0.2) is 19.8 Å². The van der Waals surface area contributed by atoms with E-state index in [0.717, 1.165) is 110 Å². The Labute approximate surface area is 447 Å². The Kier molecular flexibility index (Phi) is 9.53. The summed E-state index contributed by atoms with van der Waals surface area (Å²) >= 11 is 0. The smallest absolute Gasteiger partial charge is 0.238 e. The number of hydrogen-bond acceptors (Lipinski definition) is 3. The molecule has 0 spiro atoms. The van der Waals surface area contributed by atoms with Crippen LogP contribution in [0.3, 0.4) is 0 Å². The van der Waals surface area contributed by atoms with E-state index in [9.17, 15) is 6.57 Å². The number of aromatic nitrogens is 7. The van der Waals surface area contributed by atoms with Crippen molar-refractivity contribution < 1.29 is 0 Å². The normalized spacial score (nSPS) is 11.8. The summed E-state index contributed by atoms with van der Waals surface area (Å²) in [7, 11) is 0. The SMILES string of the molecule is [C-]#[N+]c1c(-n2c3ccccc3c3ccccc32)c(-n2c3ccccc3c3ccccc32)c(-c2nc(-c3ccccc3)nc(-c3ccccc3)n2)c(-n2c3ccccc3c3ccccc32)c1-n1c2ccccc2c2ccccc21. The molecule has 16 rings (SSSR count).